The molecule has 1 fully saturated rings. The summed E-state index contributed by atoms with van der Waals surface area (Å²) in [6.45, 7) is 3.98. The Bertz CT molecular complexity index is 977. The first-order valence-corrected chi connectivity index (χ1v) is 11.0. The minimum Gasteiger partial charge on any atom is -0.481 e. The Morgan fingerprint density at radius 3 is 2.53 bits per heavy atom. The van der Waals surface area contributed by atoms with Crippen LogP contribution in [-0.4, -0.2) is 21.6 Å². The van der Waals surface area contributed by atoms with Gasteiger partial charge in [0.25, 0.3) is 5.91 Å². The number of hydrogen-bond acceptors (Lipinski definition) is 2. The molecule has 0 aliphatic heterocycles. The van der Waals surface area contributed by atoms with E-state index in [-0.39, 0.29) is 11.6 Å². The number of carboxylic acids is 1. The summed E-state index contributed by atoms with van der Waals surface area (Å²) in [4.78, 5) is 24.0. The van der Waals surface area contributed by atoms with E-state index in [4.69, 9.17) is 5.11 Å². The summed E-state index contributed by atoms with van der Waals surface area (Å²) >= 11 is 0. The molecule has 0 radical (unpaired) electrons. The van der Waals surface area contributed by atoms with Crippen LogP contribution in [0.5, 0.6) is 0 Å². The van der Waals surface area contributed by atoms with Gasteiger partial charge in [-0.25, -0.2) is 0 Å². The maximum Gasteiger partial charge on any atom is 0.418 e. The maximum absolute atomic E-state index is 13.5. The average Bonchev–Trinajstić information content (AvgIpc) is 3.43. The van der Waals surface area contributed by atoms with Gasteiger partial charge in [-0.2, -0.15) is 13.2 Å². The van der Waals surface area contributed by atoms with Crippen LogP contribution in [0.1, 0.15) is 79.3 Å². The highest BCUT2D eigenvalue weighted by Gasteiger charge is 2.34. The first-order valence-electron chi connectivity index (χ1n) is 11.0. The van der Waals surface area contributed by atoms with E-state index in [1.54, 1.807) is 6.07 Å². The second-order valence-electron chi connectivity index (χ2n) is 8.58. The zero-order valence-corrected chi connectivity index (χ0v) is 18.3. The molecule has 0 spiro atoms. The Labute approximate surface area is 185 Å². The van der Waals surface area contributed by atoms with E-state index < -0.39 is 35.7 Å². The Balaban J connectivity index is 1.88. The third-order valence-electron chi connectivity index (χ3n) is 6.00. The molecule has 8 heteroatoms. The fourth-order valence-corrected chi connectivity index (χ4v) is 3.97. The number of amides is 1. The molecule has 5 nitrogen and oxygen atoms in total. The molecule has 2 N–H and O–H groups in total. The van der Waals surface area contributed by atoms with Crippen molar-refractivity contribution in [2.24, 2.45) is 5.92 Å². The highest BCUT2D eigenvalue weighted by Crippen LogP contribution is 2.36. The summed E-state index contributed by atoms with van der Waals surface area (Å²) < 4.78 is 42.4. The molecule has 2 aromatic rings. The number of carboxylic acid groups (broad SMARTS) is 1. The van der Waals surface area contributed by atoms with Crippen LogP contribution in [0.25, 0.3) is 0 Å². The average molecular weight is 451 g/mol. The van der Waals surface area contributed by atoms with Crippen LogP contribution in [0.15, 0.2) is 30.3 Å². The van der Waals surface area contributed by atoms with Gasteiger partial charge in [0, 0.05) is 11.7 Å². The lowest BCUT2D eigenvalue weighted by atomic mass is 10.1. The predicted molar refractivity (Wildman–Crippen MR) is 116 cm³/mol. The number of aryl methyl sites for hydroxylation is 1. The van der Waals surface area contributed by atoms with Crippen LogP contribution in [0.4, 0.5) is 18.9 Å². The van der Waals surface area contributed by atoms with Crippen molar-refractivity contribution >= 4 is 17.6 Å². The van der Waals surface area contributed by atoms with Crippen molar-refractivity contribution in [2.75, 3.05) is 5.32 Å². The van der Waals surface area contributed by atoms with Gasteiger partial charge >= 0.3 is 12.1 Å². The molecule has 1 saturated carbocycles. The molecule has 0 unspecified atom stereocenters. The van der Waals surface area contributed by atoms with Crippen LogP contribution in [0, 0.1) is 5.92 Å². The summed E-state index contributed by atoms with van der Waals surface area (Å²) in [5.74, 6) is -0.996. The number of carbonyl (C=O) groups excluding carboxylic acids is 1. The van der Waals surface area contributed by atoms with Crippen molar-refractivity contribution < 1.29 is 27.9 Å². The molecule has 1 amide bonds. The minimum absolute atomic E-state index is 0.0158. The standard InChI is InChI=1S/C24H29F3N2O3/c1-3-15(2)29-18(6-4-5-16-7-8-16)10-12-21(29)23(32)28-20-13-17(14-22(30)31)9-11-19(20)24(25,26)27/h9-13,15-16H,3-8,14H2,1-2H3,(H,28,32)(H,30,31)/t15-/m0/s1. The van der Waals surface area contributed by atoms with Crippen LogP contribution < -0.4 is 5.32 Å². The van der Waals surface area contributed by atoms with Crippen LogP contribution in [0.2, 0.25) is 0 Å². The van der Waals surface area contributed by atoms with E-state index in [0.29, 0.717) is 5.69 Å². The number of nitrogens with one attached hydrogen (secondary N) is 1. The normalized spacial score (nSPS) is 14.9. The molecule has 1 aromatic heterocycles. The number of aliphatic carboxylic acids is 1. The van der Waals surface area contributed by atoms with Crippen molar-refractivity contribution in [3.05, 3.63) is 52.8 Å². The number of hydrogen-bond donors (Lipinski definition) is 2. The lowest BCUT2D eigenvalue weighted by molar-refractivity contribution is -0.137. The van der Waals surface area contributed by atoms with Crippen molar-refractivity contribution in [3.63, 3.8) is 0 Å². The molecule has 3 rings (SSSR count). The van der Waals surface area contributed by atoms with Gasteiger partial charge in [-0.1, -0.05) is 32.3 Å². The number of halogens is 3. The number of rotatable bonds is 10. The van der Waals surface area contributed by atoms with Gasteiger partial charge < -0.3 is 15.0 Å². The highest BCUT2D eigenvalue weighted by atomic mass is 19.4. The largest absolute Gasteiger partial charge is 0.481 e. The monoisotopic (exact) mass is 450 g/mol. The number of benzene rings is 1. The summed E-state index contributed by atoms with van der Waals surface area (Å²) in [5, 5.41) is 11.4. The van der Waals surface area contributed by atoms with Gasteiger partial charge in [0.05, 0.1) is 17.7 Å². The Hall–Kier alpha value is -2.77. The zero-order chi connectivity index (χ0) is 23.5. The molecule has 0 saturated heterocycles. The van der Waals surface area contributed by atoms with Gasteiger partial charge in [-0.05, 0) is 61.9 Å². The van der Waals surface area contributed by atoms with Crippen molar-refractivity contribution in [1.29, 1.82) is 0 Å². The number of carbonyl (C=O) groups is 2. The molecule has 1 aromatic carbocycles. The summed E-state index contributed by atoms with van der Waals surface area (Å²) in [5.41, 5.74) is 0.0388. The minimum atomic E-state index is -4.68. The SMILES string of the molecule is CC[C@H](C)n1c(CCCC2CC2)ccc1C(=O)Nc1cc(CC(=O)O)ccc1C(F)(F)F. The molecule has 1 aliphatic carbocycles. The molecular formula is C24H29F3N2O3. The number of nitrogens with zero attached hydrogens (tertiary/aromatic N) is 1. The Morgan fingerprint density at radius 2 is 1.94 bits per heavy atom. The second kappa shape index (κ2) is 9.79. The molecule has 1 heterocycles. The molecule has 1 aliphatic rings. The van der Waals surface area contributed by atoms with Crippen LogP contribution in [-0.2, 0) is 23.8 Å². The number of anilines is 1. The Morgan fingerprint density at radius 1 is 1.22 bits per heavy atom. The van der Waals surface area contributed by atoms with E-state index in [1.807, 2.05) is 24.5 Å². The predicted octanol–water partition coefficient (Wildman–Crippen LogP) is 6.09. The fourth-order valence-electron chi connectivity index (χ4n) is 3.97. The van der Waals surface area contributed by atoms with E-state index in [9.17, 15) is 22.8 Å². The molecular weight excluding hydrogens is 421 g/mol. The third kappa shape index (κ3) is 5.93. The van der Waals surface area contributed by atoms with Gasteiger partial charge in [0.2, 0.25) is 0 Å². The van der Waals surface area contributed by atoms with E-state index in [0.717, 1.165) is 55.5 Å². The smallest absolute Gasteiger partial charge is 0.418 e. The molecule has 1 atom stereocenters. The van der Waals surface area contributed by atoms with Crippen LogP contribution >= 0.6 is 0 Å². The van der Waals surface area contributed by atoms with Gasteiger partial charge in [0.15, 0.2) is 0 Å². The first-order chi connectivity index (χ1) is 15.1. The van der Waals surface area contributed by atoms with Gasteiger partial charge in [-0.15, -0.1) is 0 Å². The lowest BCUT2D eigenvalue weighted by Crippen LogP contribution is -2.22. The maximum atomic E-state index is 13.5. The lowest BCUT2D eigenvalue weighted by Gasteiger charge is -2.20. The van der Waals surface area contributed by atoms with E-state index in [2.05, 4.69) is 5.32 Å². The summed E-state index contributed by atoms with van der Waals surface area (Å²) in [6.07, 6.45) is 1.19. The number of alkyl halides is 3. The molecule has 174 valence electrons. The van der Waals surface area contributed by atoms with Crippen molar-refractivity contribution in [2.45, 2.75) is 71.0 Å². The van der Waals surface area contributed by atoms with E-state index in [1.165, 1.54) is 12.8 Å². The van der Waals surface area contributed by atoms with Gasteiger partial charge in [-0.3, -0.25) is 9.59 Å². The molecule has 32 heavy (non-hydrogen) atoms. The zero-order valence-electron chi connectivity index (χ0n) is 18.3. The highest BCUT2D eigenvalue weighted by molar-refractivity contribution is 6.04. The van der Waals surface area contributed by atoms with Crippen molar-refractivity contribution in [1.82, 2.24) is 4.57 Å². The first kappa shape index (κ1) is 23.9. The quantitative estimate of drug-likeness (QED) is 0.460. The summed E-state index contributed by atoms with van der Waals surface area (Å²) in [7, 11) is 0. The topological polar surface area (TPSA) is 71.3 Å². The third-order valence-corrected chi connectivity index (χ3v) is 6.00. The van der Waals surface area contributed by atoms with Crippen LogP contribution in [0.3, 0.4) is 0 Å². The number of aromatic nitrogens is 1. The van der Waals surface area contributed by atoms with E-state index >= 15 is 0 Å². The summed E-state index contributed by atoms with van der Waals surface area (Å²) in [6, 6.07) is 6.56. The molecule has 0 bridgehead atoms. The Kier molecular flexibility index (Phi) is 7.31. The van der Waals surface area contributed by atoms with Gasteiger partial charge in [0.1, 0.15) is 5.69 Å². The fraction of sp³-hybridized carbons (Fsp3) is 0.500. The second-order valence-corrected chi connectivity index (χ2v) is 8.58. The van der Waals surface area contributed by atoms with Crippen molar-refractivity contribution in [3.8, 4) is 0 Å².